The van der Waals surface area contributed by atoms with Gasteiger partial charge in [0.25, 0.3) is 11.5 Å². The highest BCUT2D eigenvalue weighted by Crippen LogP contribution is 2.21. The fraction of sp³-hybridized carbons (Fsp3) is 0.556. The molecule has 0 aromatic carbocycles. The second-order valence-electron chi connectivity index (χ2n) is 7.36. The molecule has 2 aromatic rings. The number of rotatable bonds is 6. The van der Waals surface area contributed by atoms with Gasteiger partial charge in [-0.05, 0) is 30.7 Å². The Kier molecular flexibility index (Phi) is 5.39. The largest absolute Gasteiger partial charge is 0.370 e. The van der Waals surface area contributed by atoms with E-state index in [1.807, 2.05) is 6.07 Å². The summed E-state index contributed by atoms with van der Waals surface area (Å²) in [7, 11) is 1.63. The Bertz CT molecular complexity index is 825. The van der Waals surface area contributed by atoms with Crippen LogP contribution in [-0.2, 0) is 13.5 Å². The molecule has 2 N–H and O–H groups in total. The summed E-state index contributed by atoms with van der Waals surface area (Å²) >= 11 is 0. The number of H-pyrrole nitrogens is 1. The predicted octanol–water partition coefficient (Wildman–Crippen LogP) is 0.958. The van der Waals surface area contributed by atoms with E-state index in [1.54, 1.807) is 19.3 Å². The molecule has 26 heavy (non-hydrogen) atoms. The highest BCUT2D eigenvalue weighted by molar-refractivity contribution is 5.92. The van der Waals surface area contributed by atoms with E-state index in [-0.39, 0.29) is 11.5 Å². The summed E-state index contributed by atoms with van der Waals surface area (Å²) in [6, 6.07) is 3.43. The van der Waals surface area contributed by atoms with Gasteiger partial charge in [-0.25, -0.2) is 4.68 Å². The number of aryl methyl sites for hydroxylation is 1. The lowest BCUT2D eigenvalue weighted by Crippen LogP contribution is -2.31. The smallest absolute Gasteiger partial charge is 0.271 e. The summed E-state index contributed by atoms with van der Waals surface area (Å²) in [4.78, 5) is 26.1. The van der Waals surface area contributed by atoms with Gasteiger partial charge in [-0.2, -0.15) is 10.2 Å². The van der Waals surface area contributed by atoms with E-state index in [9.17, 15) is 9.59 Å². The highest BCUT2D eigenvalue weighted by atomic mass is 16.2. The maximum atomic E-state index is 12.3. The number of anilines is 1. The molecule has 0 spiro atoms. The number of nitrogens with one attached hydrogen (secondary N) is 2. The third-order valence-electron chi connectivity index (χ3n) is 4.65. The van der Waals surface area contributed by atoms with Crippen molar-refractivity contribution in [1.29, 1.82) is 0 Å². The van der Waals surface area contributed by atoms with Crippen molar-refractivity contribution in [3.63, 3.8) is 0 Å². The Morgan fingerprint density at radius 3 is 2.96 bits per heavy atom. The van der Waals surface area contributed by atoms with Crippen molar-refractivity contribution >= 4 is 11.6 Å². The minimum atomic E-state index is -0.148. The molecule has 1 fully saturated rings. The van der Waals surface area contributed by atoms with Gasteiger partial charge in [-0.15, -0.1) is 0 Å². The lowest BCUT2D eigenvalue weighted by atomic mass is 10.1. The number of carbonyl (C=O) groups excluding carboxylic acids is 1. The SMILES string of the molecule is CC(C)Cc1cc(C(=O)NC[C@H]2CCN(c3cnn(C)c(=O)c3)C2)n[nH]1. The number of amides is 1. The number of aromatic amines is 1. The standard InChI is InChI=1S/C18H26N6O2/c1-12(2)6-14-7-16(22-21-14)18(26)19-9-13-4-5-24(11-13)15-8-17(25)23(3)20-10-15/h7-8,10,12-13H,4-6,9,11H2,1-3H3,(H,19,26)(H,21,22)/t13-/m1/s1. The summed E-state index contributed by atoms with van der Waals surface area (Å²) in [6.45, 7) is 6.51. The molecule has 0 unspecified atom stereocenters. The molecule has 1 aliphatic rings. The highest BCUT2D eigenvalue weighted by Gasteiger charge is 2.24. The molecule has 1 saturated heterocycles. The molecule has 1 atom stereocenters. The first-order chi connectivity index (χ1) is 12.4. The van der Waals surface area contributed by atoms with Crippen molar-refractivity contribution in [3.8, 4) is 0 Å². The Balaban J connectivity index is 1.51. The maximum Gasteiger partial charge on any atom is 0.271 e. The van der Waals surface area contributed by atoms with Gasteiger partial charge in [0.05, 0.1) is 11.9 Å². The molecule has 0 saturated carbocycles. The Labute approximate surface area is 152 Å². The molecular weight excluding hydrogens is 332 g/mol. The van der Waals surface area contributed by atoms with Crippen LogP contribution in [0.3, 0.4) is 0 Å². The van der Waals surface area contributed by atoms with Crippen LogP contribution in [0.4, 0.5) is 5.69 Å². The van der Waals surface area contributed by atoms with Gasteiger partial charge >= 0.3 is 0 Å². The first kappa shape index (κ1) is 18.2. The van der Waals surface area contributed by atoms with E-state index in [0.717, 1.165) is 37.3 Å². The fourth-order valence-electron chi connectivity index (χ4n) is 3.22. The van der Waals surface area contributed by atoms with E-state index >= 15 is 0 Å². The molecule has 2 aromatic heterocycles. The summed E-state index contributed by atoms with van der Waals surface area (Å²) in [5.41, 5.74) is 2.14. The van der Waals surface area contributed by atoms with Crippen molar-refractivity contribution < 1.29 is 4.79 Å². The first-order valence-corrected chi connectivity index (χ1v) is 9.03. The third-order valence-corrected chi connectivity index (χ3v) is 4.65. The van der Waals surface area contributed by atoms with E-state index in [2.05, 4.69) is 39.4 Å². The van der Waals surface area contributed by atoms with Crippen LogP contribution in [0.15, 0.2) is 23.1 Å². The molecule has 0 radical (unpaired) electrons. The minimum Gasteiger partial charge on any atom is -0.370 e. The Morgan fingerprint density at radius 2 is 2.23 bits per heavy atom. The van der Waals surface area contributed by atoms with Crippen LogP contribution in [0, 0.1) is 11.8 Å². The van der Waals surface area contributed by atoms with Crippen LogP contribution >= 0.6 is 0 Å². The normalized spacial score (nSPS) is 17.1. The van der Waals surface area contributed by atoms with E-state index in [1.165, 1.54) is 4.68 Å². The molecular formula is C18H26N6O2. The lowest BCUT2D eigenvalue weighted by molar-refractivity contribution is 0.0943. The molecule has 140 valence electrons. The van der Waals surface area contributed by atoms with Gasteiger partial charge in [0.1, 0.15) is 5.69 Å². The third kappa shape index (κ3) is 4.30. The number of aromatic nitrogens is 4. The molecule has 3 rings (SSSR count). The number of hydrogen-bond donors (Lipinski definition) is 2. The first-order valence-electron chi connectivity index (χ1n) is 9.03. The summed E-state index contributed by atoms with van der Waals surface area (Å²) in [6.07, 6.45) is 3.55. The van der Waals surface area contributed by atoms with Gasteiger partial charge in [0.15, 0.2) is 0 Å². The minimum absolute atomic E-state index is 0.116. The maximum absolute atomic E-state index is 12.3. The van der Waals surface area contributed by atoms with Gasteiger partial charge in [0, 0.05) is 38.4 Å². The average Bonchev–Trinajstić information content (AvgIpc) is 3.24. The molecule has 0 bridgehead atoms. The van der Waals surface area contributed by atoms with Crippen molar-refractivity contribution in [2.24, 2.45) is 18.9 Å². The van der Waals surface area contributed by atoms with E-state index in [4.69, 9.17) is 0 Å². The zero-order chi connectivity index (χ0) is 18.7. The van der Waals surface area contributed by atoms with Gasteiger partial charge in [0.2, 0.25) is 0 Å². The van der Waals surface area contributed by atoms with Crippen molar-refractivity contribution in [2.45, 2.75) is 26.7 Å². The second kappa shape index (κ2) is 7.72. The lowest BCUT2D eigenvalue weighted by Gasteiger charge is -2.18. The number of nitrogens with zero attached hydrogens (tertiary/aromatic N) is 4. The zero-order valence-electron chi connectivity index (χ0n) is 15.5. The Hall–Kier alpha value is -2.64. The van der Waals surface area contributed by atoms with E-state index < -0.39 is 0 Å². The van der Waals surface area contributed by atoms with Crippen molar-refractivity contribution in [2.75, 3.05) is 24.5 Å². The fourth-order valence-corrected chi connectivity index (χ4v) is 3.22. The second-order valence-corrected chi connectivity index (χ2v) is 7.36. The van der Waals surface area contributed by atoms with Crippen LogP contribution in [0.5, 0.6) is 0 Å². The molecule has 8 heteroatoms. The van der Waals surface area contributed by atoms with Crippen LogP contribution in [0.25, 0.3) is 0 Å². The summed E-state index contributed by atoms with van der Waals surface area (Å²) in [5, 5.41) is 14.1. The molecule has 8 nitrogen and oxygen atoms in total. The van der Waals surface area contributed by atoms with E-state index in [0.29, 0.717) is 24.1 Å². The number of hydrogen-bond acceptors (Lipinski definition) is 5. The predicted molar refractivity (Wildman–Crippen MR) is 99.3 cm³/mol. The average molecular weight is 358 g/mol. The molecule has 0 aliphatic carbocycles. The zero-order valence-corrected chi connectivity index (χ0v) is 15.5. The quantitative estimate of drug-likeness (QED) is 0.802. The van der Waals surface area contributed by atoms with Gasteiger partial charge in [-0.1, -0.05) is 13.8 Å². The molecule has 1 amide bonds. The summed E-state index contributed by atoms with van der Waals surface area (Å²) in [5.74, 6) is 0.710. The van der Waals surface area contributed by atoms with Crippen LogP contribution in [0.2, 0.25) is 0 Å². The Morgan fingerprint density at radius 1 is 1.42 bits per heavy atom. The van der Waals surface area contributed by atoms with Crippen molar-refractivity contribution in [1.82, 2.24) is 25.3 Å². The van der Waals surface area contributed by atoms with Crippen LogP contribution < -0.4 is 15.8 Å². The van der Waals surface area contributed by atoms with Gasteiger partial charge in [-0.3, -0.25) is 14.7 Å². The monoisotopic (exact) mass is 358 g/mol. The van der Waals surface area contributed by atoms with Crippen molar-refractivity contribution in [3.05, 3.63) is 40.1 Å². The number of carbonyl (C=O) groups is 1. The van der Waals surface area contributed by atoms with Crippen LogP contribution in [-0.4, -0.2) is 45.5 Å². The summed E-state index contributed by atoms with van der Waals surface area (Å²) < 4.78 is 1.31. The molecule has 3 heterocycles. The van der Waals surface area contributed by atoms with Gasteiger partial charge < -0.3 is 10.2 Å². The van der Waals surface area contributed by atoms with Crippen LogP contribution in [0.1, 0.15) is 36.5 Å². The topological polar surface area (TPSA) is 95.9 Å². The molecule has 1 aliphatic heterocycles.